The third-order valence-corrected chi connectivity index (χ3v) is 6.14. The van der Waals surface area contributed by atoms with E-state index in [0.717, 1.165) is 13.2 Å². The third-order valence-electron chi connectivity index (χ3n) is 5.39. The first-order chi connectivity index (χ1) is 12.6. The van der Waals surface area contributed by atoms with Crippen molar-refractivity contribution in [2.75, 3.05) is 13.2 Å². The average molecular weight is 445 g/mol. The molecule has 1 rings (SSSR count). The van der Waals surface area contributed by atoms with E-state index < -0.39 is 0 Å². The molecule has 0 aromatic carbocycles. The first-order valence-electron chi connectivity index (χ1n) is 11.3. The van der Waals surface area contributed by atoms with E-state index in [0.29, 0.717) is 16.4 Å². The Morgan fingerprint density at radius 1 is 0.778 bits per heavy atom. The third kappa shape index (κ3) is 11.7. The zero-order valence-electron chi connectivity index (χ0n) is 19.0. The zero-order chi connectivity index (χ0) is 20.3. The van der Waals surface area contributed by atoms with Crippen LogP contribution in [0.5, 0.6) is 0 Å². The number of alkyl halides is 1. The van der Waals surface area contributed by atoms with Crippen LogP contribution in [0.3, 0.4) is 0 Å². The Bertz CT molecular complexity index is 408. The molecular formula is C24H46BrNO. The minimum absolute atomic E-state index is 0.151. The molecule has 2 unspecified atom stereocenters. The molecule has 0 radical (unpaired) electrons. The van der Waals surface area contributed by atoms with Crippen LogP contribution in [-0.4, -0.2) is 34.6 Å². The molecule has 27 heavy (non-hydrogen) atoms. The van der Waals surface area contributed by atoms with Crippen molar-refractivity contribution < 1.29 is 4.74 Å². The van der Waals surface area contributed by atoms with Gasteiger partial charge in [0.1, 0.15) is 0 Å². The number of rotatable bonds is 13. The van der Waals surface area contributed by atoms with Crippen LogP contribution in [0.15, 0.2) is 12.2 Å². The monoisotopic (exact) mass is 443 g/mol. The van der Waals surface area contributed by atoms with Crippen LogP contribution in [0.1, 0.15) is 106 Å². The predicted molar refractivity (Wildman–Crippen MR) is 124 cm³/mol. The van der Waals surface area contributed by atoms with Gasteiger partial charge < -0.3 is 4.74 Å². The number of nitrogens with zero attached hydrogens (tertiary/aromatic N) is 1. The average Bonchev–Trinajstić information content (AvgIpc) is 2.91. The topological polar surface area (TPSA) is 12.5 Å². The standard InChI is InChI=1S/C24H46BrNO/c1-23(2,3)18-14-12-10-8-7-9-11-13-15-19-27-20-21-16-17-22(25)26(21)24(4,5)6/h16-17,21-22H,7-15,18-20H2,1-6H3. The van der Waals surface area contributed by atoms with Crippen molar-refractivity contribution in [3.05, 3.63) is 12.2 Å². The molecule has 3 heteroatoms. The van der Waals surface area contributed by atoms with Crippen LogP contribution in [0.25, 0.3) is 0 Å². The van der Waals surface area contributed by atoms with Crippen molar-refractivity contribution in [2.24, 2.45) is 5.41 Å². The van der Waals surface area contributed by atoms with Gasteiger partial charge in [-0.25, -0.2) is 0 Å². The van der Waals surface area contributed by atoms with Gasteiger partial charge in [0.2, 0.25) is 0 Å². The van der Waals surface area contributed by atoms with E-state index >= 15 is 0 Å². The Morgan fingerprint density at radius 3 is 1.81 bits per heavy atom. The molecule has 0 spiro atoms. The van der Waals surface area contributed by atoms with Crippen molar-refractivity contribution in [3.8, 4) is 0 Å². The summed E-state index contributed by atoms with van der Waals surface area (Å²) in [5, 5.41) is 0. The SMILES string of the molecule is CC(C)(C)CCCCCCCCCCCOCC1C=CC(Br)N1C(C)(C)C. The van der Waals surface area contributed by atoms with Gasteiger partial charge in [-0.15, -0.1) is 0 Å². The van der Waals surface area contributed by atoms with Gasteiger partial charge in [0.25, 0.3) is 0 Å². The predicted octanol–water partition coefficient (Wildman–Crippen LogP) is 7.71. The maximum absolute atomic E-state index is 5.98. The summed E-state index contributed by atoms with van der Waals surface area (Å²) >= 11 is 3.75. The quantitative estimate of drug-likeness (QED) is 0.125. The first-order valence-corrected chi connectivity index (χ1v) is 12.2. The van der Waals surface area contributed by atoms with E-state index in [1.807, 2.05) is 0 Å². The van der Waals surface area contributed by atoms with E-state index in [9.17, 15) is 0 Å². The molecule has 0 amide bonds. The Morgan fingerprint density at radius 2 is 1.30 bits per heavy atom. The highest BCUT2D eigenvalue weighted by molar-refractivity contribution is 9.09. The number of unbranched alkanes of at least 4 members (excludes halogenated alkanes) is 8. The molecule has 1 aliphatic heterocycles. The van der Waals surface area contributed by atoms with Gasteiger partial charge in [0.05, 0.1) is 17.6 Å². The molecule has 2 nitrogen and oxygen atoms in total. The molecule has 160 valence electrons. The second-order valence-electron chi connectivity index (χ2n) is 10.5. The van der Waals surface area contributed by atoms with Crippen molar-refractivity contribution >= 4 is 15.9 Å². The van der Waals surface area contributed by atoms with Gasteiger partial charge in [-0.2, -0.15) is 0 Å². The molecular weight excluding hydrogens is 398 g/mol. The van der Waals surface area contributed by atoms with Crippen molar-refractivity contribution in [2.45, 2.75) is 122 Å². The van der Waals surface area contributed by atoms with Crippen LogP contribution in [0, 0.1) is 5.41 Å². The first kappa shape index (κ1) is 25.2. The highest BCUT2D eigenvalue weighted by atomic mass is 79.9. The van der Waals surface area contributed by atoms with Crippen LogP contribution in [0.4, 0.5) is 0 Å². The molecule has 0 aromatic rings. The largest absolute Gasteiger partial charge is 0.379 e. The second-order valence-corrected chi connectivity index (χ2v) is 11.4. The summed E-state index contributed by atoms with van der Waals surface area (Å²) in [7, 11) is 0. The molecule has 1 aliphatic rings. The van der Waals surface area contributed by atoms with Crippen molar-refractivity contribution in [1.82, 2.24) is 4.90 Å². The lowest BCUT2D eigenvalue weighted by Gasteiger charge is -2.39. The summed E-state index contributed by atoms with van der Waals surface area (Å²) in [4.78, 5) is 2.81. The van der Waals surface area contributed by atoms with E-state index in [4.69, 9.17) is 4.74 Å². The van der Waals surface area contributed by atoms with E-state index in [2.05, 4.69) is 74.5 Å². The van der Waals surface area contributed by atoms with E-state index in [-0.39, 0.29) is 5.54 Å². The Balaban J connectivity index is 1.92. The molecule has 0 bridgehead atoms. The lowest BCUT2D eigenvalue weighted by molar-refractivity contribution is 0.0429. The highest BCUT2D eigenvalue weighted by Gasteiger charge is 2.35. The van der Waals surface area contributed by atoms with Crippen LogP contribution >= 0.6 is 15.9 Å². The number of halogens is 1. The number of ether oxygens (including phenoxy) is 1. The summed E-state index contributed by atoms with van der Waals surface area (Å²) < 4.78 is 5.98. The highest BCUT2D eigenvalue weighted by Crippen LogP contribution is 2.30. The summed E-state index contributed by atoms with van der Waals surface area (Å²) in [6, 6.07) is 0.396. The smallest absolute Gasteiger partial charge is 0.0851 e. The van der Waals surface area contributed by atoms with Gasteiger partial charge >= 0.3 is 0 Å². The van der Waals surface area contributed by atoms with Gasteiger partial charge in [-0.1, -0.05) is 100 Å². The summed E-state index contributed by atoms with van der Waals surface area (Å²) in [6.07, 6.45) is 18.3. The molecule has 0 aliphatic carbocycles. The minimum atomic E-state index is 0.151. The normalized spacial score (nSPS) is 21.3. The summed E-state index contributed by atoms with van der Waals surface area (Å²) in [6.45, 7) is 15.6. The molecule has 2 atom stereocenters. The molecule has 0 fully saturated rings. The number of hydrogen-bond acceptors (Lipinski definition) is 2. The maximum Gasteiger partial charge on any atom is 0.0851 e. The summed E-state index contributed by atoms with van der Waals surface area (Å²) in [5.41, 5.74) is 0.662. The molecule has 0 saturated carbocycles. The van der Waals surface area contributed by atoms with Crippen LogP contribution in [-0.2, 0) is 4.74 Å². The fraction of sp³-hybridized carbons (Fsp3) is 0.917. The summed E-state index contributed by atoms with van der Waals surface area (Å²) in [5.74, 6) is 0. The van der Waals surface area contributed by atoms with Crippen LogP contribution < -0.4 is 0 Å². The van der Waals surface area contributed by atoms with Gasteiger partial charge in [0, 0.05) is 12.1 Å². The molecule has 0 N–H and O–H groups in total. The van der Waals surface area contributed by atoms with Gasteiger partial charge in [-0.3, -0.25) is 4.90 Å². The zero-order valence-corrected chi connectivity index (χ0v) is 20.6. The van der Waals surface area contributed by atoms with E-state index in [1.54, 1.807) is 0 Å². The minimum Gasteiger partial charge on any atom is -0.379 e. The van der Waals surface area contributed by atoms with E-state index in [1.165, 1.54) is 64.2 Å². The lowest BCUT2D eigenvalue weighted by Crippen LogP contribution is -2.49. The molecule has 0 aromatic heterocycles. The van der Waals surface area contributed by atoms with Crippen molar-refractivity contribution in [3.63, 3.8) is 0 Å². The van der Waals surface area contributed by atoms with Gasteiger partial charge in [-0.05, 0) is 39.0 Å². The van der Waals surface area contributed by atoms with Crippen molar-refractivity contribution in [1.29, 1.82) is 0 Å². The Labute approximate surface area is 178 Å². The molecule has 0 saturated heterocycles. The lowest BCUT2D eigenvalue weighted by atomic mass is 9.89. The Kier molecular flexibility index (Phi) is 11.8. The van der Waals surface area contributed by atoms with Gasteiger partial charge in [0.15, 0.2) is 0 Å². The maximum atomic E-state index is 5.98. The second kappa shape index (κ2) is 12.6. The fourth-order valence-corrected chi connectivity index (χ4v) is 4.99. The van der Waals surface area contributed by atoms with Crippen LogP contribution in [0.2, 0.25) is 0 Å². The molecule has 1 heterocycles. The Hall–Kier alpha value is 0.140. The number of hydrogen-bond donors (Lipinski definition) is 0. The fourth-order valence-electron chi connectivity index (χ4n) is 3.89.